The molecule has 0 radical (unpaired) electrons. The largest absolute Gasteiger partial charge is 0.550 e. The number of carbonyl (C=O) groups is 2. The zero-order valence-corrected chi connectivity index (χ0v) is 13.5. The molecule has 2 aliphatic carbocycles. The lowest BCUT2D eigenvalue weighted by atomic mass is 9.82. The van der Waals surface area contributed by atoms with Gasteiger partial charge in [-0.15, -0.1) is 0 Å². The molecule has 0 unspecified atom stereocenters. The van der Waals surface area contributed by atoms with Crippen molar-refractivity contribution in [3.05, 3.63) is 41.5 Å². The number of rotatable bonds is 5. The summed E-state index contributed by atoms with van der Waals surface area (Å²) >= 11 is 0. The molecule has 1 amide bonds. The third kappa shape index (κ3) is 2.67. The predicted octanol–water partition coefficient (Wildman–Crippen LogP) is 1.94. The molecular formula is C19H22NO3-. The molecule has 4 atom stereocenters. The van der Waals surface area contributed by atoms with Crippen molar-refractivity contribution in [2.24, 2.45) is 23.7 Å². The van der Waals surface area contributed by atoms with Crippen molar-refractivity contribution < 1.29 is 14.7 Å². The second-order valence-electron chi connectivity index (χ2n) is 6.47. The summed E-state index contributed by atoms with van der Waals surface area (Å²) in [7, 11) is 0. The molecule has 0 aromatic heterocycles. The fourth-order valence-electron chi connectivity index (χ4n) is 4.11. The van der Waals surface area contributed by atoms with Gasteiger partial charge in [-0.3, -0.25) is 4.79 Å². The van der Waals surface area contributed by atoms with Crippen molar-refractivity contribution in [2.75, 3.05) is 5.32 Å². The summed E-state index contributed by atoms with van der Waals surface area (Å²) in [4.78, 5) is 24.3. The number of allylic oxidation sites excluding steroid dienone is 2. The first-order chi connectivity index (χ1) is 11.1. The highest BCUT2D eigenvalue weighted by atomic mass is 16.4. The number of carboxylic acid groups (broad SMARTS) is 1. The van der Waals surface area contributed by atoms with Gasteiger partial charge in [0.05, 0.1) is 5.92 Å². The molecule has 23 heavy (non-hydrogen) atoms. The molecule has 4 nitrogen and oxygen atoms in total. The minimum atomic E-state index is -1.11. The Kier molecular flexibility index (Phi) is 4.24. The lowest BCUT2D eigenvalue weighted by Crippen LogP contribution is -2.43. The van der Waals surface area contributed by atoms with Crippen molar-refractivity contribution in [3.8, 4) is 0 Å². The predicted molar refractivity (Wildman–Crippen MR) is 86.6 cm³/mol. The van der Waals surface area contributed by atoms with E-state index < -0.39 is 17.8 Å². The number of aliphatic carboxylic acids is 1. The normalized spacial score (nSPS) is 28.1. The van der Waals surface area contributed by atoms with Crippen molar-refractivity contribution in [1.82, 2.24) is 0 Å². The average Bonchev–Trinajstić information content (AvgIpc) is 3.15. The molecule has 122 valence electrons. The van der Waals surface area contributed by atoms with Gasteiger partial charge in [0.15, 0.2) is 0 Å². The van der Waals surface area contributed by atoms with Gasteiger partial charge >= 0.3 is 0 Å². The van der Waals surface area contributed by atoms with Crippen LogP contribution in [0.3, 0.4) is 0 Å². The summed E-state index contributed by atoms with van der Waals surface area (Å²) in [5.74, 6) is -2.57. The fraction of sp³-hybridized carbons (Fsp3) is 0.474. The Bertz CT molecular complexity index is 642. The van der Waals surface area contributed by atoms with E-state index in [1.807, 2.05) is 30.4 Å². The standard InChI is InChI=1S/C19H23NO3/c1-3-11-6-5-7-12(4-2)17(11)20-18(21)15-13-8-9-14(10-13)16(15)19(22)23/h5-9,13-16H,3-4,10H2,1-2H3,(H,20,21)(H,22,23)/p-1/t13-,14-,15+,16-/m0/s1. The minimum Gasteiger partial charge on any atom is -0.550 e. The Labute approximate surface area is 136 Å². The second-order valence-corrected chi connectivity index (χ2v) is 6.47. The molecular weight excluding hydrogens is 290 g/mol. The Morgan fingerprint density at radius 3 is 2.17 bits per heavy atom. The van der Waals surface area contributed by atoms with E-state index in [9.17, 15) is 14.7 Å². The molecule has 1 saturated carbocycles. The monoisotopic (exact) mass is 312 g/mol. The van der Waals surface area contributed by atoms with Gasteiger partial charge < -0.3 is 15.2 Å². The number of fused-ring (bicyclic) bond motifs is 2. The summed E-state index contributed by atoms with van der Waals surface area (Å²) < 4.78 is 0. The van der Waals surface area contributed by atoms with E-state index in [4.69, 9.17) is 0 Å². The molecule has 0 spiro atoms. The van der Waals surface area contributed by atoms with Crippen LogP contribution in [0.15, 0.2) is 30.4 Å². The average molecular weight is 312 g/mol. The number of aryl methyl sites for hydroxylation is 2. The van der Waals surface area contributed by atoms with E-state index >= 15 is 0 Å². The molecule has 1 aromatic carbocycles. The lowest BCUT2D eigenvalue weighted by Gasteiger charge is -2.28. The van der Waals surface area contributed by atoms with Crippen molar-refractivity contribution in [3.63, 3.8) is 0 Å². The van der Waals surface area contributed by atoms with Crippen LogP contribution in [0.2, 0.25) is 0 Å². The van der Waals surface area contributed by atoms with Gasteiger partial charge in [-0.05, 0) is 42.2 Å². The first-order valence-corrected chi connectivity index (χ1v) is 8.37. The maximum atomic E-state index is 12.8. The van der Waals surface area contributed by atoms with Gasteiger partial charge in [-0.1, -0.05) is 44.2 Å². The summed E-state index contributed by atoms with van der Waals surface area (Å²) in [5.41, 5.74) is 3.02. The van der Waals surface area contributed by atoms with Crippen LogP contribution in [0, 0.1) is 23.7 Å². The number of benzene rings is 1. The Morgan fingerprint density at radius 2 is 1.65 bits per heavy atom. The molecule has 4 heteroatoms. The van der Waals surface area contributed by atoms with E-state index in [-0.39, 0.29) is 17.7 Å². The maximum Gasteiger partial charge on any atom is 0.228 e. The molecule has 2 aliphatic rings. The number of carboxylic acids is 1. The maximum absolute atomic E-state index is 12.8. The highest BCUT2D eigenvalue weighted by molar-refractivity contribution is 5.97. The van der Waals surface area contributed by atoms with Gasteiger partial charge in [-0.25, -0.2) is 0 Å². The molecule has 0 heterocycles. The van der Waals surface area contributed by atoms with Crippen LogP contribution in [0.4, 0.5) is 5.69 Å². The Balaban J connectivity index is 1.88. The number of anilines is 1. The van der Waals surface area contributed by atoms with Crippen LogP contribution in [-0.2, 0) is 22.4 Å². The smallest absolute Gasteiger partial charge is 0.228 e. The topological polar surface area (TPSA) is 69.2 Å². The summed E-state index contributed by atoms with van der Waals surface area (Å²) in [5, 5.41) is 14.5. The van der Waals surface area contributed by atoms with Crippen molar-refractivity contribution >= 4 is 17.6 Å². The second kappa shape index (κ2) is 6.19. The zero-order valence-electron chi connectivity index (χ0n) is 13.5. The van der Waals surface area contributed by atoms with E-state index in [2.05, 4.69) is 19.2 Å². The highest BCUT2D eigenvalue weighted by Gasteiger charge is 2.48. The highest BCUT2D eigenvalue weighted by Crippen LogP contribution is 2.48. The number of carbonyl (C=O) groups excluding carboxylic acids is 2. The van der Waals surface area contributed by atoms with E-state index in [0.29, 0.717) is 0 Å². The SMILES string of the molecule is CCc1cccc(CC)c1NC(=O)[C@H]1[C@@H](C(=O)[O-])[C@H]2C=C[C@H]1C2. The van der Waals surface area contributed by atoms with Crippen LogP contribution < -0.4 is 10.4 Å². The van der Waals surface area contributed by atoms with Crippen LogP contribution in [0.1, 0.15) is 31.4 Å². The van der Waals surface area contributed by atoms with Gasteiger partial charge in [0.1, 0.15) is 0 Å². The minimum absolute atomic E-state index is 0.0155. The molecule has 1 fully saturated rings. The summed E-state index contributed by atoms with van der Waals surface area (Å²) in [6.07, 6.45) is 6.30. The first kappa shape index (κ1) is 15.8. The van der Waals surface area contributed by atoms with Crippen molar-refractivity contribution in [2.45, 2.75) is 33.1 Å². The number of para-hydroxylation sites is 1. The number of hydrogen-bond donors (Lipinski definition) is 1. The fourth-order valence-corrected chi connectivity index (χ4v) is 4.11. The molecule has 2 bridgehead atoms. The molecule has 1 N–H and O–H groups in total. The quantitative estimate of drug-likeness (QED) is 0.845. The van der Waals surface area contributed by atoms with Crippen LogP contribution >= 0.6 is 0 Å². The Hall–Kier alpha value is -2.10. The number of hydrogen-bond acceptors (Lipinski definition) is 3. The third-order valence-corrected chi connectivity index (χ3v) is 5.28. The van der Waals surface area contributed by atoms with Gasteiger partial charge in [0.25, 0.3) is 0 Å². The van der Waals surface area contributed by atoms with Crippen LogP contribution in [0.5, 0.6) is 0 Å². The van der Waals surface area contributed by atoms with Gasteiger partial charge in [0.2, 0.25) is 5.91 Å². The number of nitrogens with one attached hydrogen (secondary N) is 1. The van der Waals surface area contributed by atoms with Crippen molar-refractivity contribution in [1.29, 1.82) is 0 Å². The Morgan fingerprint density at radius 1 is 1.09 bits per heavy atom. The van der Waals surface area contributed by atoms with Gasteiger partial charge in [0, 0.05) is 17.6 Å². The van der Waals surface area contributed by atoms with E-state index in [1.165, 1.54) is 0 Å². The first-order valence-electron chi connectivity index (χ1n) is 8.37. The summed E-state index contributed by atoms with van der Waals surface area (Å²) in [6.45, 7) is 4.10. The van der Waals surface area contributed by atoms with Crippen LogP contribution in [0.25, 0.3) is 0 Å². The molecule has 1 aromatic rings. The summed E-state index contributed by atoms with van der Waals surface area (Å²) in [6, 6.07) is 6.01. The van der Waals surface area contributed by atoms with E-state index in [0.717, 1.165) is 36.1 Å². The third-order valence-electron chi connectivity index (χ3n) is 5.28. The zero-order chi connectivity index (χ0) is 16.6. The van der Waals surface area contributed by atoms with E-state index in [1.54, 1.807) is 0 Å². The molecule has 0 saturated heterocycles. The number of amides is 1. The lowest BCUT2D eigenvalue weighted by molar-refractivity contribution is -0.313. The molecule has 0 aliphatic heterocycles. The van der Waals surface area contributed by atoms with Crippen LogP contribution in [-0.4, -0.2) is 11.9 Å². The van der Waals surface area contributed by atoms with Gasteiger partial charge in [-0.2, -0.15) is 0 Å². The molecule has 3 rings (SSSR count).